The standard InChI is InChI=1S/C20H24N4O/c1-13(2)24(17-10-16-8-6-7-9-19(16)21-12-17)20(25)11-18-14(3)22-23(5)15(18)4/h6-10,12-13H,11H2,1-5H3. The number of benzene rings is 1. The molecule has 0 fully saturated rings. The highest BCUT2D eigenvalue weighted by atomic mass is 16.2. The molecule has 130 valence electrons. The van der Waals surface area contributed by atoms with Gasteiger partial charge in [-0.2, -0.15) is 5.10 Å². The second-order valence-corrected chi connectivity index (χ2v) is 6.69. The van der Waals surface area contributed by atoms with Gasteiger partial charge in [-0.3, -0.25) is 14.5 Å². The number of hydrogen-bond acceptors (Lipinski definition) is 3. The van der Waals surface area contributed by atoms with Crippen LogP contribution in [0, 0.1) is 13.8 Å². The fourth-order valence-corrected chi connectivity index (χ4v) is 3.23. The number of carbonyl (C=O) groups excluding carboxylic acids is 1. The molecular formula is C20H24N4O. The second-order valence-electron chi connectivity index (χ2n) is 6.69. The molecule has 0 bridgehead atoms. The van der Waals surface area contributed by atoms with E-state index >= 15 is 0 Å². The summed E-state index contributed by atoms with van der Waals surface area (Å²) >= 11 is 0. The molecule has 5 nitrogen and oxygen atoms in total. The monoisotopic (exact) mass is 336 g/mol. The van der Waals surface area contributed by atoms with Gasteiger partial charge in [0.2, 0.25) is 5.91 Å². The van der Waals surface area contributed by atoms with Gasteiger partial charge in [0.05, 0.1) is 29.5 Å². The van der Waals surface area contributed by atoms with Crippen LogP contribution in [0.3, 0.4) is 0 Å². The molecule has 0 radical (unpaired) electrons. The topological polar surface area (TPSA) is 51.0 Å². The Morgan fingerprint density at radius 2 is 1.96 bits per heavy atom. The summed E-state index contributed by atoms with van der Waals surface area (Å²) in [6.45, 7) is 8.00. The Kier molecular flexibility index (Phi) is 4.57. The van der Waals surface area contributed by atoms with Crippen LogP contribution in [0.1, 0.15) is 30.8 Å². The molecule has 0 saturated carbocycles. The highest BCUT2D eigenvalue weighted by molar-refractivity contribution is 5.97. The first-order valence-electron chi connectivity index (χ1n) is 8.54. The fraction of sp³-hybridized carbons (Fsp3) is 0.350. The lowest BCUT2D eigenvalue weighted by Gasteiger charge is -2.27. The van der Waals surface area contributed by atoms with Crippen LogP contribution in [0.2, 0.25) is 0 Å². The van der Waals surface area contributed by atoms with Gasteiger partial charge in [0.15, 0.2) is 0 Å². The van der Waals surface area contributed by atoms with Crippen molar-refractivity contribution in [2.24, 2.45) is 7.05 Å². The Labute approximate surface area is 148 Å². The van der Waals surface area contributed by atoms with E-state index in [0.29, 0.717) is 6.42 Å². The summed E-state index contributed by atoms with van der Waals surface area (Å²) in [6.07, 6.45) is 2.12. The third-order valence-corrected chi connectivity index (χ3v) is 4.63. The van der Waals surface area contributed by atoms with Crippen molar-refractivity contribution < 1.29 is 4.79 Å². The van der Waals surface area contributed by atoms with Gasteiger partial charge in [0.25, 0.3) is 0 Å². The van der Waals surface area contributed by atoms with Crippen molar-refractivity contribution in [1.82, 2.24) is 14.8 Å². The lowest BCUT2D eigenvalue weighted by molar-refractivity contribution is -0.118. The third kappa shape index (κ3) is 3.27. The highest BCUT2D eigenvalue weighted by Crippen LogP contribution is 2.23. The number of fused-ring (bicyclic) bond motifs is 1. The van der Waals surface area contributed by atoms with E-state index in [1.54, 1.807) is 6.20 Å². The predicted octanol–water partition coefficient (Wildman–Crippen LogP) is 3.57. The number of para-hydroxylation sites is 1. The van der Waals surface area contributed by atoms with E-state index < -0.39 is 0 Å². The van der Waals surface area contributed by atoms with Crippen LogP contribution >= 0.6 is 0 Å². The summed E-state index contributed by atoms with van der Waals surface area (Å²) in [5.74, 6) is 0.0614. The van der Waals surface area contributed by atoms with Crippen molar-refractivity contribution >= 4 is 22.5 Å². The predicted molar refractivity (Wildman–Crippen MR) is 101 cm³/mol. The summed E-state index contributed by atoms with van der Waals surface area (Å²) in [4.78, 5) is 19.4. The Morgan fingerprint density at radius 3 is 2.60 bits per heavy atom. The van der Waals surface area contributed by atoms with Gasteiger partial charge >= 0.3 is 0 Å². The Balaban J connectivity index is 1.95. The van der Waals surface area contributed by atoms with E-state index in [4.69, 9.17) is 0 Å². The molecule has 2 heterocycles. The molecule has 5 heteroatoms. The Morgan fingerprint density at radius 1 is 1.24 bits per heavy atom. The number of hydrogen-bond donors (Lipinski definition) is 0. The molecule has 1 amide bonds. The lowest BCUT2D eigenvalue weighted by Crippen LogP contribution is -2.38. The zero-order valence-electron chi connectivity index (χ0n) is 15.4. The normalized spacial score (nSPS) is 11.3. The fourth-order valence-electron chi connectivity index (χ4n) is 3.23. The van der Waals surface area contributed by atoms with Crippen molar-refractivity contribution in [1.29, 1.82) is 0 Å². The van der Waals surface area contributed by atoms with Gasteiger partial charge in [0.1, 0.15) is 0 Å². The zero-order chi connectivity index (χ0) is 18.1. The number of nitrogens with zero attached hydrogens (tertiary/aromatic N) is 4. The minimum atomic E-state index is 0.0488. The molecule has 0 aliphatic carbocycles. The maximum absolute atomic E-state index is 13.1. The van der Waals surface area contributed by atoms with Crippen LogP contribution in [-0.2, 0) is 18.3 Å². The van der Waals surface area contributed by atoms with Crippen LogP contribution in [0.25, 0.3) is 10.9 Å². The number of aromatic nitrogens is 3. The van der Waals surface area contributed by atoms with Crippen LogP contribution in [0.5, 0.6) is 0 Å². The van der Waals surface area contributed by atoms with Gasteiger partial charge in [-0.05, 0) is 39.8 Å². The number of pyridine rings is 1. The molecule has 0 unspecified atom stereocenters. The quantitative estimate of drug-likeness (QED) is 0.732. The number of amides is 1. The van der Waals surface area contributed by atoms with Gasteiger partial charge in [0, 0.05) is 29.7 Å². The van der Waals surface area contributed by atoms with Crippen molar-refractivity contribution in [3.05, 3.63) is 53.5 Å². The number of anilines is 1. The van der Waals surface area contributed by atoms with E-state index in [1.165, 1.54) is 0 Å². The molecule has 0 spiro atoms. The molecule has 0 N–H and O–H groups in total. The van der Waals surface area contributed by atoms with Crippen molar-refractivity contribution in [3.63, 3.8) is 0 Å². The van der Waals surface area contributed by atoms with E-state index in [2.05, 4.69) is 10.1 Å². The molecule has 0 saturated heterocycles. The van der Waals surface area contributed by atoms with Crippen LogP contribution in [-0.4, -0.2) is 26.7 Å². The first-order valence-corrected chi connectivity index (χ1v) is 8.54. The largest absolute Gasteiger partial charge is 0.308 e. The summed E-state index contributed by atoms with van der Waals surface area (Å²) in [5.41, 5.74) is 4.71. The maximum Gasteiger partial charge on any atom is 0.231 e. The first kappa shape index (κ1) is 17.1. The summed E-state index contributed by atoms with van der Waals surface area (Å²) in [7, 11) is 1.91. The molecule has 3 aromatic rings. The summed E-state index contributed by atoms with van der Waals surface area (Å²) in [5, 5.41) is 5.45. The van der Waals surface area contributed by atoms with Crippen LogP contribution in [0.15, 0.2) is 36.5 Å². The Bertz CT molecular complexity index is 927. The van der Waals surface area contributed by atoms with Gasteiger partial charge in [-0.25, -0.2) is 0 Å². The van der Waals surface area contributed by atoms with Gasteiger partial charge in [-0.1, -0.05) is 18.2 Å². The van der Waals surface area contributed by atoms with Crippen molar-refractivity contribution in [3.8, 4) is 0 Å². The van der Waals surface area contributed by atoms with Crippen LogP contribution < -0.4 is 4.90 Å². The molecule has 25 heavy (non-hydrogen) atoms. The molecule has 0 aliphatic rings. The second kappa shape index (κ2) is 6.67. The first-order chi connectivity index (χ1) is 11.9. The average Bonchev–Trinajstić information content (AvgIpc) is 2.81. The average molecular weight is 336 g/mol. The number of aryl methyl sites for hydroxylation is 2. The zero-order valence-corrected chi connectivity index (χ0v) is 15.4. The van der Waals surface area contributed by atoms with Gasteiger partial charge < -0.3 is 4.90 Å². The molecular weight excluding hydrogens is 312 g/mol. The van der Waals surface area contributed by atoms with E-state index in [9.17, 15) is 4.79 Å². The van der Waals surface area contributed by atoms with Crippen molar-refractivity contribution in [2.75, 3.05) is 4.90 Å². The molecule has 2 aromatic heterocycles. The van der Waals surface area contributed by atoms with E-state index in [-0.39, 0.29) is 11.9 Å². The Hall–Kier alpha value is -2.69. The molecule has 1 aromatic carbocycles. The van der Waals surface area contributed by atoms with E-state index in [0.717, 1.165) is 33.5 Å². The van der Waals surface area contributed by atoms with Crippen molar-refractivity contribution in [2.45, 2.75) is 40.2 Å². The lowest BCUT2D eigenvalue weighted by atomic mass is 10.1. The van der Waals surface area contributed by atoms with Gasteiger partial charge in [-0.15, -0.1) is 0 Å². The van der Waals surface area contributed by atoms with E-state index in [1.807, 2.05) is 74.7 Å². The minimum Gasteiger partial charge on any atom is -0.308 e. The minimum absolute atomic E-state index is 0.0488. The number of carbonyl (C=O) groups is 1. The smallest absolute Gasteiger partial charge is 0.231 e. The maximum atomic E-state index is 13.1. The molecule has 0 atom stereocenters. The number of rotatable bonds is 4. The summed E-state index contributed by atoms with van der Waals surface area (Å²) < 4.78 is 1.83. The molecule has 0 aliphatic heterocycles. The van der Waals surface area contributed by atoms with Crippen LogP contribution in [0.4, 0.5) is 5.69 Å². The third-order valence-electron chi connectivity index (χ3n) is 4.63. The SMILES string of the molecule is Cc1nn(C)c(C)c1CC(=O)N(c1cnc2ccccc2c1)C(C)C. The summed E-state index contributed by atoms with van der Waals surface area (Å²) in [6, 6.07) is 10.0. The highest BCUT2D eigenvalue weighted by Gasteiger charge is 2.22. The molecule has 3 rings (SSSR count).